The van der Waals surface area contributed by atoms with Crippen molar-refractivity contribution in [2.75, 3.05) is 13.1 Å². The molecule has 0 radical (unpaired) electrons. The number of fused-ring (bicyclic) bond motifs is 5. The molecule has 4 heteroatoms. The fraction of sp³-hybridized carbons (Fsp3) is 0.857. The Morgan fingerprint density at radius 1 is 0.833 bits per heavy atom. The molecule has 96 valence electrons. The van der Waals surface area contributed by atoms with E-state index in [1.807, 2.05) is 0 Å². The predicted molar refractivity (Wildman–Crippen MR) is 65.4 cm³/mol. The Morgan fingerprint density at radius 3 is 1.78 bits per heavy atom. The monoisotopic (exact) mass is 246 g/mol. The second-order valence-electron chi connectivity index (χ2n) is 6.01. The summed E-state index contributed by atoms with van der Waals surface area (Å²) in [6, 6.07) is 0. The van der Waals surface area contributed by atoms with Gasteiger partial charge in [0.1, 0.15) is 0 Å². The molecule has 0 N–H and O–H groups in total. The smallest absolute Gasteiger partial charge is 0.211 e. The summed E-state index contributed by atoms with van der Waals surface area (Å²) in [6.45, 7) is 1.15. The minimum absolute atomic E-state index is 0.438. The van der Waals surface area contributed by atoms with Crippen LogP contribution in [-0.4, -0.2) is 25.2 Å². The van der Waals surface area contributed by atoms with E-state index >= 15 is 0 Å². The van der Waals surface area contributed by atoms with Crippen LogP contribution in [0.15, 0.2) is 9.98 Å². The van der Waals surface area contributed by atoms with Crippen molar-refractivity contribution in [3.8, 4) is 0 Å². The van der Waals surface area contributed by atoms with E-state index in [0.29, 0.717) is 36.8 Å². The molecule has 0 aliphatic heterocycles. The van der Waals surface area contributed by atoms with Crippen molar-refractivity contribution in [3.05, 3.63) is 0 Å². The zero-order chi connectivity index (χ0) is 12.5. The van der Waals surface area contributed by atoms with Crippen molar-refractivity contribution in [3.63, 3.8) is 0 Å². The zero-order valence-electron chi connectivity index (χ0n) is 10.4. The average molecular weight is 246 g/mol. The van der Waals surface area contributed by atoms with Gasteiger partial charge in [-0.15, -0.1) is 0 Å². The van der Waals surface area contributed by atoms with Crippen LogP contribution in [0.1, 0.15) is 25.7 Å². The minimum Gasteiger partial charge on any atom is -0.211 e. The lowest BCUT2D eigenvalue weighted by Gasteiger charge is -2.36. The van der Waals surface area contributed by atoms with Gasteiger partial charge in [-0.25, -0.2) is 19.6 Å². The summed E-state index contributed by atoms with van der Waals surface area (Å²) in [5, 5.41) is 0. The maximum Gasteiger partial charge on any atom is 0.234 e. The van der Waals surface area contributed by atoms with Crippen LogP contribution in [0.25, 0.3) is 0 Å². The summed E-state index contributed by atoms with van der Waals surface area (Å²) in [6.07, 6.45) is 8.60. The Kier molecular flexibility index (Phi) is 3.15. The first-order valence-corrected chi connectivity index (χ1v) is 6.94. The molecule has 18 heavy (non-hydrogen) atoms. The normalized spacial score (nSPS) is 44.2. The molecule has 3 rings (SSSR count). The highest BCUT2D eigenvalue weighted by molar-refractivity contribution is 5.33. The Hall–Kier alpha value is -1.24. The molecule has 3 aliphatic carbocycles. The molecule has 0 saturated heterocycles. The molecule has 0 aromatic carbocycles. The fourth-order valence-corrected chi connectivity index (χ4v) is 5.19. The van der Waals surface area contributed by atoms with Crippen LogP contribution in [0.2, 0.25) is 0 Å². The van der Waals surface area contributed by atoms with Crippen LogP contribution in [0.3, 0.4) is 0 Å². The molecule has 0 spiro atoms. The summed E-state index contributed by atoms with van der Waals surface area (Å²) < 4.78 is 0. The number of aliphatic imine (C=N–C) groups is 2. The highest BCUT2D eigenvalue weighted by Crippen LogP contribution is 2.63. The molecule has 0 amide bonds. The van der Waals surface area contributed by atoms with Crippen molar-refractivity contribution >= 4 is 12.2 Å². The number of rotatable bonds is 4. The number of nitrogens with zero attached hydrogens (tertiary/aromatic N) is 2. The van der Waals surface area contributed by atoms with Crippen LogP contribution < -0.4 is 0 Å². The number of hydrogen-bond donors (Lipinski definition) is 0. The molecular weight excluding hydrogens is 228 g/mol. The lowest BCUT2D eigenvalue weighted by atomic mass is 9.69. The van der Waals surface area contributed by atoms with Crippen molar-refractivity contribution in [2.24, 2.45) is 45.5 Å². The Morgan fingerprint density at radius 2 is 1.33 bits per heavy atom. The van der Waals surface area contributed by atoms with Gasteiger partial charge in [0.05, 0.1) is 13.1 Å². The Labute approximate surface area is 107 Å². The van der Waals surface area contributed by atoms with E-state index in [1.54, 1.807) is 12.2 Å². The first-order valence-electron chi connectivity index (χ1n) is 6.94. The van der Waals surface area contributed by atoms with Crippen molar-refractivity contribution in [1.29, 1.82) is 0 Å². The first-order chi connectivity index (χ1) is 8.86. The molecule has 6 unspecified atom stereocenters. The standard InChI is InChI=1S/C14H18N2O2/c17-7-15-5-13-11-4-12(14(13)6-16-8-18)10-3-1-2-9(10)11/h9-14H,1-6H2. The highest BCUT2D eigenvalue weighted by atomic mass is 16.1. The molecule has 4 nitrogen and oxygen atoms in total. The maximum absolute atomic E-state index is 10.3. The average Bonchev–Trinajstić information content (AvgIpc) is 3.04. The summed E-state index contributed by atoms with van der Waals surface area (Å²) in [5.74, 6) is 3.97. The summed E-state index contributed by atoms with van der Waals surface area (Å²) >= 11 is 0. The van der Waals surface area contributed by atoms with E-state index in [1.165, 1.54) is 25.7 Å². The van der Waals surface area contributed by atoms with Gasteiger partial charge in [-0.05, 0) is 54.8 Å². The summed E-state index contributed by atoms with van der Waals surface area (Å²) in [5.41, 5.74) is 0. The number of hydrogen-bond acceptors (Lipinski definition) is 4. The molecular formula is C14H18N2O2. The van der Waals surface area contributed by atoms with Crippen LogP contribution in [-0.2, 0) is 9.59 Å². The van der Waals surface area contributed by atoms with Gasteiger partial charge < -0.3 is 0 Å². The van der Waals surface area contributed by atoms with E-state index in [2.05, 4.69) is 9.98 Å². The van der Waals surface area contributed by atoms with E-state index in [0.717, 1.165) is 11.8 Å². The van der Waals surface area contributed by atoms with Gasteiger partial charge in [0.15, 0.2) is 0 Å². The molecule has 0 heterocycles. The molecule has 6 atom stereocenters. The van der Waals surface area contributed by atoms with E-state index < -0.39 is 0 Å². The van der Waals surface area contributed by atoms with E-state index in [4.69, 9.17) is 0 Å². The number of carbonyl (C=O) groups excluding carboxylic acids is 2. The van der Waals surface area contributed by atoms with Gasteiger partial charge in [0.2, 0.25) is 12.2 Å². The van der Waals surface area contributed by atoms with E-state index in [9.17, 15) is 9.59 Å². The maximum atomic E-state index is 10.3. The molecule has 2 bridgehead atoms. The summed E-state index contributed by atoms with van der Waals surface area (Å²) in [7, 11) is 0. The Balaban J connectivity index is 1.81. The van der Waals surface area contributed by atoms with Crippen molar-refractivity contribution < 1.29 is 9.59 Å². The molecule has 0 aromatic heterocycles. The highest BCUT2D eigenvalue weighted by Gasteiger charge is 2.58. The van der Waals surface area contributed by atoms with Crippen LogP contribution in [0, 0.1) is 35.5 Å². The topological polar surface area (TPSA) is 58.9 Å². The zero-order valence-corrected chi connectivity index (χ0v) is 10.4. The largest absolute Gasteiger partial charge is 0.234 e. The lowest BCUT2D eigenvalue weighted by molar-refractivity contribution is 0.126. The van der Waals surface area contributed by atoms with Gasteiger partial charge >= 0.3 is 0 Å². The molecule has 3 saturated carbocycles. The van der Waals surface area contributed by atoms with Gasteiger partial charge in [0, 0.05) is 0 Å². The van der Waals surface area contributed by atoms with Crippen LogP contribution >= 0.6 is 0 Å². The van der Waals surface area contributed by atoms with Crippen molar-refractivity contribution in [2.45, 2.75) is 25.7 Å². The molecule has 3 fully saturated rings. The number of isocyanates is 2. The Bertz CT molecular complexity index is 386. The second-order valence-corrected chi connectivity index (χ2v) is 6.01. The van der Waals surface area contributed by atoms with Gasteiger partial charge in [-0.3, -0.25) is 0 Å². The van der Waals surface area contributed by atoms with Gasteiger partial charge in [-0.1, -0.05) is 6.42 Å². The summed E-state index contributed by atoms with van der Waals surface area (Å²) in [4.78, 5) is 28.3. The molecule has 3 aliphatic rings. The lowest BCUT2D eigenvalue weighted by Crippen LogP contribution is -2.35. The van der Waals surface area contributed by atoms with E-state index in [-0.39, 0.29) is 0 Å². The second kappa shape index (κ2) is 4.79. The third-order valence-corrected chi connectivity index (χ3v) is 5.65. The fourth-order valence-electron chi connectivity index (χ4n) is 5.19. The van der Waals surface area contributed by atoms with Crippen LogP contribution in [0.4, 0.5) is 0 Å². The van der Waals surface area contributed by atoms with Gasteiger partial charge in [0.25, 0.3) is 0 Å². The van der Waals surface area contributed by atoms with Crippen LogP contribution in [0.5, 0.6) is 0 Å². The quantitative estimate of drug-likeness (QED) is 0.562. The first kappa shape index (κ1) is 11.8. The third kappa shape index (κ3) is 1.68. The van der Waals surface area contributed by atoms with Crippen molar-refractivity contribution in [1.82, 2.24) is 0 Å². The molecule has 0 aromatic rings. The van der Waals surface area contributed by atoms with Gasteiger partial charge in [-0.2, -0.15) is 0 Å². The SMILES string of the molecule is O=C=NCC1C(CN=C=O)C2CC1C1CCCC12. The minimum atomic E-state index is 0.438. The predicted octanol–water partition coefficient (Wildman–Crippen LogP) is 1.96. The third-order valence-electron chi connectivity index (χ3n) is 5.65.